The standard InChI is InChI=1S/C20H27N3O4/c1-13(12-23-15(3)8-14(2)22-23)11-21-19(24)7-6-16-9-17(26-4)20(25)18(10-16)27-5/h6-10,13,25H,11-12H2,1-5H3,(H,21,24)/b7-6+. The largest absolute Gasteiger partial charge is 0.502 e. The lowest BCUT2D eigenvalue weighted by atomic mass is 10.1. The van der Waals surface area contributed by atoms with Crippen molar-refractivity contribution in [3.8, 4) is 17.2 Å². The summed E-state index contributed by atoms with van der Waals surface area (Å²) in [5.74, 6) is 0.552. The van der Waals surface area contributed by atoms with E-state index in [0.717, 1.165) is 17.9 Å². The van der Waals surface area contributed by atoms with Gasteiger partial charge in [-0.2, -0.15) is 5.10 Å². The van der Waals surface area contributed by atoms with E-state index in [4.69, 9.17) is 9.47 Å². The van der Waals surface area contributed by atoms with Crippen LogP contribution < -0.4 is 14.8 Å². The summed E-state index contributed by atoms with van der Waals surface area (Å²) >= 11 is 0. The van der Waals surface area contributed by atoms with Crippen molar-refractivity contribution in [1.29, 1.82) is 0 Å². The van der Waals surface area contributed by atoms with Crippen molar-refractivity contribution in [2.75, 3.05) is 20.8 Å². The number of phenolic OH excluding ortho intramolecular Hbond substituents is 1. The van der Waals surface area contributed by atoms with Gasteiger partial charge in [0.15, 0.2) is 11.5 Å². The first kappa shape index (κ1) is 20.4. The molecule has 0 spiro atoms. The molecule has 1 atom stereocenters. The molecule has 1 heterocycles. The normalized spacial score (nSPS) is 12.2. The zero-order valence-corrected chi connectivity index (χ0v) is 16.4. The number of nitrogens with zero attached hydrogens (tertiary/aromatic N) is 2. The second kappa shape index (κ2) is 9.12. The smallest absolute Gasteiger partial charge is 0.244 e. The minimum Gasteiger partial charge on any atom is -0.502 e. The summed E-state index contributed by atoms with van der Waals surface area (Å²) in [6.45, 7) is 7.35. The molecule has 0 saturated carbocycles. The predicted octanol–water partition coefficient (Wildman–Crippen LogP) is 2.69. The van der Waals surface area contributed by atoms with Crippen molar-refractivity contribution in [3.63, 3.8) is 0 Å². The van der Waals surface area contributed by atoms with Gasteiger partial charge in [-0.05, 0) is 49.6 Å². The van der Waals surface area contributed by atoms with Gasteiger partial charge in [0.05, 0.1) is 19.9 Å². The zero-order valence-electron chi connectivity index (χ0n) is 16.4. The molecule has 0 fully saturated rings. The van der Waals surface area contributed by atoms with Gasteiger partial charge in [-0.25, -0.2) is 0 Å². The molecule has 2 aromatic rings. The van der Waals surface area contributed by atoms with Crippen LogP contribution in [0.3, 0.4) is 0 Å². The average Bonchev–Trinajstić information content (AvgIpc) is 2.95. The lowest BCUT2D eigenvalue weighted by molar-refractivity contribution is -0.116. The topological polar surface area (TPSA) is 85.6 Å². The van der Waals surface area contributed by atoms with Crippen molar-refractivity contribution in [1.82, 2.24) is 15.1 Å². The van der Waals surface area contributed by atoms with Crippen LogP contribution in [0.2, 0.25) is 0 Å². The van der Waals surface area contributed by atoms with Gasteiger partial charge < -0.3 is 19.9 Å². The third kappa shape index (κ3) is 5.51. The summed E-state index contributed by atoms with van der Waals surface area (Å²) in [5, 5.41) is 17.2. The number of aromatic hydroxyl groups is 1. The van der Waals surface area contributed by atoms with Gasteiger partial charge in [0, 0.05) is 24.9 Å². The summed E-state index contributed by atoms with van der Waals surface area (Å²) in [6, 6.07) is 5.30. The number of amides is 1. The van der Waals surface area contributed by atoms with Crippen molar-refractivity contribution in [3.05, 3.63) is 41.2 Å². The Balaban J connectivity index is 1.92. The maximum absolute atomic E-state index is 12.1. The number of nitrogens with one attached hydrogen (secondary N) is 1. The second-order valence-electron chi connectivity index (χ2n) is 6.57. The molecule has 0 aliphatic rings. The summed E-state index contributed by atoms with van der Waals surface area (Å²) in [4.78, 5) is 12.1. The van der Waals surface area contributed by atoms with Crippen LogP contribution in [0.25, 0.3) is 6.08 Å². The van der Waals surface area contributed by atoms with Crippen molar-refractivity contribution in [2.24, 2.45) is 5.92 Å². The number of aromatic nitrogens is 2. The highest BCUT2D eigenvalue weighted by Gasteiger charge is 2.11. The van der Waals surface area contributed by atoms with Gasteiger partial charge in [0.2, 0.25) is 11.7 Å². The molecule has 7 heteroatoms. The molecule has 0 saturated heterocycles. The number of rotatable bonds is 8. The minimum absolute atomic E-state index is 0.0698. The average molecular weight is 373 g/mol. The van der Waals surface area contributed by atoms with E-state index < -0.39 is 0 Å². The van der Waals surface area contributed by atoms with Gasteiger partial charge in [0.25, 0.3) is 0 Å². The molecular formula is C20H27N3O4. The van der Waals surface area contributed by atoms with Gasteiger partial charge >= 0.3 is 0 Å². The van der Waals surface area contributed by atoms with E-state index in [2.05, 4.69) is 17.3 Å². The fourth-order valence-corrected chi connectivity index (χ4v) is 2.74. The number of hydrogen-bond donors (Lipinski definition) is 2. The Morgan fingerprint density at radius 1 is 1.26 bits per heavy atom. The van der Waals surface area contributed by atoms with E-state index in [0.29, 0.717) is 12.1 Å². The van der Waals surface area contributed by atoms with E-state index in [1.807, 2.05) is 24.6 Å². The first-order valence-corrected chi connectivity index (χ1v) is 8.76. The predicted molar refractivity (Wildman–Crippen MR) is 104 cm³/mol. The van der Waals surface area contributed by atoms with Crippen LogP contribution in [0, 0.1) is 19.8 Å². The number of ether oxygens (including phenoxy) is 2. The Morgan fingerprint density at radius 3 is 2.41 bits per heavy atom. The third-order valence-electron chi connectivity index (χ3n) is 4.14. The molecule has 27 heavy (non-hydrogen) atoms. The van der Waals surface area contributed by atoms with Crippen LogP contribution in [-0.4, -0.2) is 41.6 Å². The molecule has 2 rings (SSSR count). The summed E-state index contributed by atoms with van der Waals surface area (Å²) < 4.78 is 12.2. The van der Waals surface area contributed by atoms with E-state index >= 15 is 0 Å². The van der Waals surface area contributed by atoms with Gasteiger partial charge in [0.1, 0.15) is 0 Å². The van der Waals surface area contributed by atoms with E-state index in [9.17, 15) is 9.90 Å². The molecular weight excluding hydrogens is 346 g/mol. The first-order valence-electron chi connectivity index (χ1n) is 8.76. The van der Waals surface area contributed by atoms with Crippen LogP contribution in [0.15, 0.2) is 24.3 Å². The summed E-state index contributed by atoms with van der Waals surface area (Å²) in [5.41, 5.74) is 2.79. The van der Waals surface area contributed by atoms with Crippen molar-refractivity contribution in [2.45, 2.75) is 27.3 Å². The lowest BCUT2D eigenvalue weighted by Gasteiger charge is -2.13. The van der Waals surface area contributed by atoms with Crippen LogP contribution in [0.4, 0.5) is 0 Å². The van der Waals surface area contributed by atoms with E-state index in [1.165, 1.54) is 20.3 Å². The molecule has 0 aliphatic carbocycles. The summed E-state index contributed by atoms with van der Waals surface area (Å²) in [7, 11) is 2.91. The van der Waals surface area contributed by atoms with E-state index in [1.54, 1.807) is 18.2 Å². The number of carbonyl (C=O) groups excluding carboxylic acids is 1. The number of carbonyl (C=O) groups is 1. The first-order chi connectivity index (χ1) is 12.8. The Labute approximate surface area is 159 Å². The Kier molecular flexibility index (Phi) is 6.87. The molecule has 1 aromatic heterocycles. The number of phenols is 1. The molecule has 146 valence electrons. The molecule has 1 amide bonds. The quantitative estimate of drug-likeness (QED) is 0.695. The Hall–Kier alpha value is -2.96. The Bertz CT molecular complexity index is 802. The second-order valence-corrected chi connectivity index (χ2v) is 6.57. The fourth-order valence-electron chi connectivity index (χ4n) is 2.74. The van der Waals surface area contributed by atoms with E-state index in [-0.39, 0.29) is 29.1 Å². The maximum Gasteiger partial charge on any atom is 0.244 e. The highest BCUT2D eigenvalue weighted by Crippen LogP contribution is 2.37. The minimum atomic E-state index is -0.193. The van der Waals surface area contributed by atoms with Crippen LogP contribution >= 0.6 is 0 Å². The number of hydrogen-bond acceptors (Lipinski definition) is 5. The van der Waals surface area contributed by atoms with Gasteiger partial charge in [-0.1, -0.05) is 6.92 Å². The highest BCUT2D eigenvalue weighted by molar-refractivity contribution is 5.91. The van der Waals surface area contributed by atoms with Crippen molar-refractivity contribution >= 4 is 12.0 Å². The van der Waals surface area contributed by atoms with Crippen molar-refractivity contribution < 1.29 is 19.4 Å². The summed E-state index contributed by atoms with van der Waals surface area (Å²) in [6.07, 6.45) is 3.09. The molecule has 7 nitrogen and oxygen atoms in total. The molecule has 0 bridgehead atoms. The molecule has 2 N–H and O–H groups in total. The third-order valence-corrected chi connectivity index (χ3v) is 4.14. The fraction of sp³-hybridized carbons (Fsp3) is 0.400. The number of methoxy groups -OCH3 is 2. The zero-order chi connectivity index (χ0) is 20.0. The molecule has 1 aromatic carbocycles. The molecule has 1 unspecified atom stereocenters. The monoisotopic (exact) mass is 373 g/mol. The highest BCUT2D eigenvalue weighted by atomic mass is 16.5. The lowest BCUT2D eigenvalue weighted by Crippen LogP contribution is -2.29. The SMILES string of the molecule is COc1cc(/C=C/C(=O)NCC(C)Cn2nc(C)cc2C)cc(OC)c1O. The van der Waals surface area contributed by atoms with Crippen LogP contribution in [0.1, 0.15) is 23.9 Å². The van der Waals surface area contributed by atoms with Gasteiger partial charge in [-0.15, -0.1) is 0 Å². The molecule has 0 aliphatic heterocycles. The Morgan fingerprint density at radius 2 is 1.89 bits per heavy atom. The van der Waals surface area contributed by atoms with Gasteiger partial charge in [-0.3, -0.25) is 9.48 Å². The van der Waals surface area contributed by atoms with Crippen LogP contribution in [0.5, 0.6) is 17.2 Å². The van der Waals surface area contributed by atoms with Crippen LogP contribution in [-0.2, 0) is 11.3 Å². The molecule has 0 radical (unpaired) electrons. The number of aryl methyl sites for hydroxylation is 2. The number of benzene rings is 1. The maximum atomic E-state index is 12.1.